The van der Waals surface area contributed by atoms with E-state index in [2.05, 4.69) is 31.9 Å². The van der Waals surface area contributed by atoms with Gasteiger partial charge in [0.05, 0.1) is 10.6 Å². The van der Waals surface area contributed by atoms with E-state index in [1.165, 1.54) is 12.1 Å². The summed E-state index contributed by atoms with van der Waals surface area (Å²) in [5.41, 5.74) is 0.632. The Morgan fingerprint density at radius 1 is 0.917 bits per heavy atom. The topological polar surface area (TPSA) is 66.9 Å². The van der Waals surface area contributed by atoms with Crippen molar-refractivity contribution in [1.29, 1.82) is 0 Å². The molecular weight excluding hydrogens is 615 g/mol. The number of nitrogens with zero attached hydrogens (tertiary/aromatic N) is 2. The van der Waals surface area contributed by atoms with Gasteiger partial charge in [-0.25, -0.2) is 12.8 Å². The second-order valence-electron chi connectivity index (χ2n) is 8.42. The molecule has 0 radical (unpaired) electrons. The predicted molar refractivity (Wildman–Crippen MR) is 143 cm³/mol. The zero-order chi connectivity index (χ0) is 25.7. The molecule has 1 fully saturated rings. The first-order valence-corrected chi connectivity index (χ1v) is 14.6. The lowest BCUT2D eigenvalue weighted by atomic mass is 10.1. The second-order valence-corrected chi connectivity index (χ2v) is 12.4. The summed E-state index contributed by atoms with van der Waals surface area (Å²) >= 11 is 6.55. The van der Waals surface area contributed by atoms with Gasteiger partial charge < -0.3 is 9.64 Å². The number of carbonyl (C=O) groups excluding carboxylic acids is 1. The Hall–Kier alpha value is -2.27. The van der Waals surface area contributed by atoms with Gasteiger partial charge in [0.25, 0.3) is 5.91 Å². The number of hydrogen-bond donors (Lipinski definition) is 0. The summed E-state index contributed by atoms with van der Waals surface area (Å²) in [7, 11) is -3.40. The van der Waals surface area contributed by atoms with E-state index in [0.29, 0.717) is 47.7 Å². The van der Waals surface area contributed by atoms with Crippen LogP contribution in [-0.2, 0) is 14.6 Å². The molecule has 1 saturated heterocycles. The third-order valence-electron chi connectivity index (χ3n) is 6.00. The van der Waals surface area contributed by atoms with E-state index >= 15 is 0 Å². The van der Waals surface area contributed by atoms with Crippen molar-refractivity contribution in [2.24, 2.45) is 0 Å². The van der Waals surface area contributed by atoms with Crippen molar-refractivity contribution in [2.75, 3.05) is 38.5 Å². The molecule has 4 rings (SSSR count). The SMILES string of the molecule is O=C(C(Oc1ccc(Br)cc1F)c1ccccc1)N1CCN(CCS(=O)(=O)c2ccc(Br)cc2)CC1. The van der Waals surface area contributed by atoms with Crippen molar-refractivity contribution >= 4 is 47.6 Å². The van der Waals surface area contributed by atoms with Gasteiger partial charge in [-0.2, -0.15) is 0 Å². The standard InChI is InChI=1S/C26H25Br2FN2O4S/c27-20-6-9-22(10-7-20)36(33,34)17-16-30-12-14-31(15-13-30)26(32)25(19-4-2-1-3-5-19)35-24-11-8-21(28)18-23(24)29/h1-11,18,25H,12-17H2. The van der Waals surface area contributed by atoms with Crippen molar-refractivity contribution < 1.29 is 22.3 Å². The molecule has 36 heavy (non-hydrogen) atoms. The molecule has 0 spiro atoms. The zero-order valence-corrected chi connectivity index (χ0v) is 23.3. The van der Waals surface area contributed by atoms with E-state index in [4.69, 9.17) is 4.74 Å². The maximum atomic E-state index is 14.5. The Morgan fingerprint density at radius 2 is 1.56 bits per heavy atom. The van der Waals surface area contributed by atoms with Gasteiger partial charge >= 0.3 is 0 Å². The molecular formula is C26H25Br2FN2O4S. The molecule has 1 unspecified atom stereocenters. The Morgan fingerprint density at radius 3 is 2.19 bits per heavy atom. The number of rotatable bonds is 8. The van der Waals surface area contributed by atoms with Crippen LogP contribution in [0.3, 0.4) is 0 Å². The van der Waals surface area contributed by atoms with E-state index < -0.39 is 21.8 Å². The molecule has 6 nitrogen and oxygen atoms in total. The summed E-state index contributed by atoms with van der Waals surface area (Å²) in [4.78, 5) is 17.5. The fraction of sp³-hybridized carbons (Fsp3) is 0.269. The molecule has 1 heterocycles. The number of piperazine rings is 1. The number of amides is 1. The number of ether oxygens (including phenoxy) is 1. The van der Waals surface area contributed by atoms with Gasteiger partial charge in [0.1, 0.15) is 0 Å². The molecule has 0 bridgehead atoms. The highest BCUT2D eigenvalue weighted by Gasteiger charge is 2.31. The van der Waals surface area contributed by atoms with Crippen molar-refractivity contribution in [1.82, 2.24) is 9.80 Å². The lowest BCUT2D eigenvalue weighted by Gasteiger charge is -2.36. The van der Waals surface area contributed by atoms with Crippen LogP contribution >= 0.6 is 31.9 Å². The lowest BCUT2D eigenvalue weighted by Crippen LogP contribution is -2.51. The van der Waals surface area contributed by atoms with Crippen molar-refractivity contribution in [3.05, 3.63) is 93.1 Å². The van der Waals surface area contributed by atoms with Gasteiger partial charge in [0, 0.05) is 47.2 Å². The van der Waals surface area contributed by atoms with Crippen molar-refractivity contribution in [3.8, 4) is 5.75 Å². The molecule has 1 atom stereocenters. The van der Waals surface area contributed by atoms with Gasteiger partial charge in [-0.3, -0.25) is 9.69 Å². The van der Waals surface area contributed by atoms with E-state index in [1.807, 2.05) is 11.0 Å². The van der Waals surface area contributed by atoms with Crippen LogP contribution in [0.25, 0.3) is 0 Å². The Kier molecular flexibility index (Phi) is 8.82. The highest BCUT2D eigenvalue weighted by molar-refractivity contribution is 9.10. The minimum Gasteiger partial charge on any atom is -0.473 e. The van der Waals surface area contributed by atoms with Gasteiger partial charge in [-0.1, -0.05) is 62.2 Å². The number of sulfone groups is 1. The van der Waals surface area contributed by atoms with Crippen molar-refractivity contribution in [2.45, 2.75) is 11.0 Å². The van der Waals surface area contributed by atoms with Gasteiger partial charge in [0.2, 0.25) is 6.10 Å². The predicted octanol–water partition coefficient (Wildman–Crippen LogP) is 5.09. The van der Waals surface area contributed by atoms with Crippen LogP contribution in [0.15, 0.2) is 86.6 Å². The van der Waals surface area contributed by atoms with E-state index in [9.17, 15) is 17.6 Å². The van der Waals surface area contributed by atoms with Crippen LogP contribution in [-0.4, -0.2) is 62.6 Å². The van der Waals surface area contributed by atoms with Gasteiger partial charge in [-0.05, 0) is 42.5 Å². The van der Waals surface area contributed by atoms with Crippen LogP contribution in [0.2, 0.25) is 0 Å². The highest BCUT2D eigenvalue weighted by Crippen LogP contribution is 2.28. The Balaban J connectivity index is 1.39. The van der Waals surface area contributed by atoms with Crippen LogP contribution in [0.4, 0.5) is 4.39 Å². The van der Waals surface area contributed by atoms with E-state index in [0.717, 1.165) is 4.47 Å². The fourth-order valence-corrected chi connectivity index (χ4v) is 5.84. The van der Waals surface area contributed by atoms with E-state index in [1.54, 1.807) is 59.5 Å². The molecule has 3 aromatic rings. The lowest BCUT2D eigenvalue weighted by molar-refractivity contribution is -0.140. The number of benzene rings is 3. The summed E-state index contributed by atoms with van der Waals surface area (Å²) < 4.78 is 47.1. The molecule has 0 N–H and O–H groups in total. The second kappa shape index (κ2) is 11.9. The number of hydrogen-bond acceptors (Lipinski definition) is 5. The molecule has 3 aromatic carbocycles. The summed E-state index contributed by atoms with van der Waals surface area (Å²) in [6, 6.07) is 20.1. The van der Waals surface area contributed by atoms with E-state index in [-0.39, 0.29) is 17.4 Å². The van der Waals surface area contributed by atoms with Crippen molar-refractivity contribution in [3.63, 3.8) is 0 Å². The summed E-state index contributed by atoms with van der Waals surface area (Å²) in [6.07, 6.45) is -0.994. The molecule has 0 aromatic heterocycles. The molecule has 10 heteroatoms. The Bertz CT molecular complexity index is 1300. The first-order chi connectivity index (χ1) is 17.2. The minimum atomic E-state index is -3.40. The largest absolute Gasteiger partial charge is 0.473 e. The molecule has 1 aliphatic rings. The highest BCUT2D eigenvalue weighted by atomic mass is 79.9. The molecule has 0 saturated carbocycles. The average molecular weight is 640 g/mol. The average Bonchev–Trinajstić information content (AvgIpc) is 2.88. The van der Waals surface area contributed by atoms with Crippen LogP contribution in [0, 0.1) is 5.82 Å². The minimum absolute atomic E-state index is 0.00116. The maximum absolute atomic E-state index is 14.5. The third kappa shape index (κ3) is 6.73. The molecule has 1 aliphatic heterocycles. The zero-order valence-electron chi connectivity index (χ0n) is 19.3. The van der Waals surface area contributed by atoms with Crippen LogP contribution in [0.1, 0.15) is 11.7 Å². The summed E-state index contributed by atoms with van der Waals surface area (Å²) in [5.74, 6) is -0.820. The smallest absolute Gasteiger partial charge is 0.268 e. The van der Waals surface area contributed by atoms with Crippen LogP contribution < -0.4 is 4.74 Å². The van der Waals surface area contributed by atoms with Gasteiger partial charge in [0.15, 0.2) is 21.4 Å². The first kappa shape index (κ1) is 26.8. The summed E-state index contributed by atoms with van der Waals surface area (Å²) in [5, 5.41) is 0. The molecule has 0 aliphatic carbocycles. The monoisotopic (exact) mass is 638 g/mol. The molecule has 190 valence electrons. The first-order valence-electron chi connectivity index (χ1n) is 11.4. The Labute approximate surface area is 227 Å². The quantitative estimate of drug-likeness (QED) is 0.344. The van der Waals surface area contributed by atoms with Gasteiger partial charge in [-0.15, -0.1) is 0 Å². The summed E-state index contributed by atoms with van der Waals surface area (Å²) in [6.45, 7) is 2.30. The number of carbonyl (C=O) groups is 1. The normalized spacial score (nSPS) is 15.5. The number of halogens is 3. The fourth-order valence-electron chi connectivity index (χ4n) is 3.95. The van der Waals surface area contributed by atoms with Crippen LogP contribution in [0.5, 0.6) is 5.75 Å². The molecule has 1 amide bonds. The maximum Gasteiger partial charge on any atom is 0.268 e. The third-order valence-corrected chi connectivity index (χ3v) is 8.73.